The van der Waals surface area contributed by atoms with Crippen LogP contribution in [0.2, 0.25) is 0 Å². The molecule has 172 valence electrons. The Balaban J connectivity index is 1.30. The molecule has 1 atom stereocenters. The van der Waals surface area contributed by atoms with Crippen LogP contribution in [-0.4, -0.2) is 59.8 Å². The molecule has 0 aliphatic carbocycles. The van der Waals surface area contributed by atoms with E-state index in [1.165, 1.54) is 0 Å². The number of pyridine rings is 1. The first-order chi connectivity index (χ1) is 15.6. The second kappa shape index (κ2) is 11.0. The van der Waals surface area contributed by atoms with Gasteiger partial charge in [-0.3, -0.25) is 14.6 Å². The highest BCUT2D eigenvalue weighted by atomic mass is 32.2. The number of ether oxygens (including phenoxy) is 1. The van der Waals surface area contributed by atoms with Crippen molar-refractivity contribution < 1.29 is 18.7 Å². The monoisotopic (exact) mass is 457 g/mol. The van der Waals surface area contributed by atoms with Crippen molar-refractivity contribution in [3.63, 3.8) is 0 Å². The Morgan fingerprint density at radius 1 is 1.22 bits per heavy atom. The summed E-state index contributed by atoms with van der Waals surface area (Å²) < 4.78 is 10.9. The number of carbonyl (C=O) groups is 2. The zero-order chi connectivity index (χ0) is 22.3. The van der Waals surface area contributed by atoms with Crippen LogP contribution < -0.4 is 5.32 Å². The van der Waals surface area contributed by atoms with Crippen molar-refractivity contribution in [2.24, 2.45) is 0 Å². The summed E-state index contributed by atoms with van der Waals surface area (Å²) in [5.74, 6) is 2.76. The largest absolute Gasteiger partial charge is 0.468 e. The number of piperidine rings is 1. The molecular formula is C24H31N3O4S. The molecule has 2 aliphatic rings. The SMILES string of the molecule is Cc1ccc(C(=O)NCCSCc2ccco2)c(C2CCN(C(=O)C3CCCO3)CC2)n1. The average Bonchev–Trinajstić information content (AvgIpc) is 3.53. The van der Waals surface area contributed by atoms with Gasteiger partial charge in [-0.05, 0) is 56.9 Å². The Morgan fingerprint density at radius 3 is 2.78 bits per heavy atom. The van der Waals surface area contributed by atoms with E-state index in [9.17, 15) is 9.59 Å². The molecule has 8 heteroatoms. The number of aromatic nitrogens is 1. The lowest BCUT2D eigenvalue weighted by Crippen LogP contribution is -2.43. The summed E-state index contributed by atoms with van der Waals surface area (Å²) in [5, 5.41) is 3.03. The average molecular weight is 458 g/mol. The predicted octanol–water partition coefficient (Wildman–Crippen LogP) is 3.53. The minimum absolute atomic E-state index is 0.0797. The molecule has 7 nitrogen and oxygen atoms in total. The molecule has 4 rings (SSSR count). The van der Waals surface area contributed by atoms with E-state index in [1.54, 1.807) is 18.0 Å². The van der Waals surface area contributed by atoms with Gasteiger partial charge in [-0.1, -0.05) is 0 Å². The molecular weight excluding hydrogens is 426 g/mol. The van der Waals surface area contributed by atoms with Crippen LogP contribution in [-0.2, 0) is 15.3 Å². The smallest absolute Gasteiger partial charge is 0.253 e. The number of furan rings is 1. The molecule has 2 fully saturated rings. The molecule has 32 heavy (non-hydrogen) atoms. The molecule has 2 aliphatic heterocycles. The zero-order valence-corrected chi connectivity index (χ0v) is 19.4. The van der Waals surface area contributed by atoms with Gasteiger partial charge in [0, 0.05) is 43.6 Å². The van der Waals surface area contributed by atoms with Crippen LogP contribution >= 0.6 is 11.8 Å². The van der Waals surface area contributed by atoms with Gasteiger partial charge < -0.3 is 19.4 Å². The van der Waals surface area contributed by atoms with Crippen LogP contribution in [0.15, 0.2) is 34.9 Å². The van der Waals surface area contributed by atoms with E-state index in [1.807, 2.05) is 36.1 Å². The number of nitrogens with one attached hydrogen (secondary N) is 1. The van der Waals surface area contributed by atoms with E-state index in [0.717, 1.165) is 54.3 Å². The van der Waals surface area contributed by atoms with E-state index >= 15 is 0 Å². The number of hydrogen-bond acceptors (Lipinski definition) is 6. The summed E-state index contributed by atoms with van der Waals surface area (Å²) in [6, 6.07) is 7.61. The van der Waals surface area contributed by atoms with E-state index in [-0.39, 0.29) is 23.8 Å². The van der Waals surface area contributed by atoms with Crippen LogP contribution in [0.1, 0.15) is 59.1 Å². The third-order valence-corrected chi connectivity index (χ3v) is 7.04. The Kier molecular flexibility index (Phi) is 7.86. The number of aryl methyl sites for hydroxylation is 1. The molecule has 1 N–H and O–H groups in total. The molecule has 0 bridgehead atoms. The van der Waals surface area contributed by atoms with Gasteiger partial charge in [0.1, 0.15) is 11.9 Å². The van der Waals surface area contributed by atoms with Crippen LogP contribution in [0.5, 0.6) is 0 Å². The number of nitrogens with zero attached hydrogens (tertiary/aromatic N) is 2. The highest BCUT2D eigenvalue weighted by Crippen LogP contribution is 2.30. The minimum Gasteiger partial charge on any atom is -0.468 e. The lowest BCUT2D eigenvalue weighted by Gasteiger charge is -2.33. The highest BCUT2D eigenvalue weighted by Gasteiger charge is 2.32. The fraction of sp³-hybridized carbons (Fsp3) is 0.542. The lowest BCUT2D eigenvalue weighted by molar-refractivity contribution is -0.142. The first-order valence-electron chi connectivity index (χ1n) is 11.4. The van der Waals surface area contributed by atoms with Gasteiger partial charge in [-0.25, -0.2) is 0 Å². The number of hydrogen-bond donors (Lipinski definition) is 1. The Bertz CT molecular complexity index is 904. The second-order valence-corrected chi connectivity index (χ2v) is 9.48. The number of rotatable bonds is 8. The van der Waals surface area contributed by atoms with Gasteiger partial charge in [-0.15, -0.1) is 0 Å². The van der Waals surface area contributed by atoms with Crippen LogP contribution in [0.4, 0.5) is 0 Å². The molecule has 1 unspecified atom stereocenters. The van der Waals surface area contributed by atoms with Gasteiger partial charge in [0.05, 0.1) is 23.3 Å². The Hall–Kier alpha value is -2.32. The van der Waals surface area contributed by atoms with E-state index in [2.05, 4.69) is 5.32 Å². The van der Waals surface area contributed by atoms with Gasteiger partial charge >= 0.3 is 0 Å². The quantitative estimate of drug-likeness (QED) is 0.611. The van der Waals surface area contributed by atoms with Crippen molar-refractivity contribution in [1.29, 1.82) is 0 Å². The summed E-state index contributed by atoms with van der Waals surface area (Å²) in [7, 11) is 0. The first-order valence-corrected chi connectivity index (χ1v) is 12.5. The summed E-state index contributed by atoms with van der Waals surface area (Å²) in [6.45, 7) is 4.59. The van der Waals surface area contributed by atoms with Crippen molar-refractivity contribution in [1.82, 2.24) is 15.2 Å². The lowest BCUT2D eigenvalue weighted by atomic mass is 9.89. The summed E-state index contributed by atoms with van der Waals surface area (Å²) >= 11 is 1.72. The minimum atomic E-state index is -0.268. The predicted molar refractivity (Wildman–Crippen MR) is 124 cm³/mol. The first kappa shape index (κ1) is 22.9. The summed E-state index contributed by atoms with van der Waals surface area (Å²) in [4.78, 5) is 32.2. The fourth-order valence-corrected chi connectivity index (χ4v) is 5.08. The number of carbonyl (C=O) groups excluding carboxylic acids is 2. The second-order valence-electron chi connectivity index (χ2n) is 8.37. The molecule has 0 saturated carbocycles. The molecule has 2 aromatic heterocycles. The van der Waals surface area contributed by atoms with E-state index < -0.39 is 0 Å². The van der Waals surface area contributed by atoms with Crippen LogP contribution in [0, 0.1) is 6.92 Å². The van der Waals surface area contributed by atoms with Crippen LogP contribution in [0.25, 0.3) is 0 Å². The van der Waals surface area contributed by atoms with Crippen molar-refractivity contribution in [2.75, 3.05) is 32.0 Å². The molecule has 0 radical (unpaired) electrons. The third kappa shape index (κ3) is 5.72. The molecule has 0 aromatic carbocycles. The van der Waals surface area contributed by atoms with Gasteiger partial charge in [-0.2, -0.15) is 11.8 Å². The molecule has 2 aromatic rings. The molecule has 0 spiro atoms. The third-order valence-electron chi connectivity index (χ3n) is 6.06. The number of thioether (sulfide) groups is 1. The van der Waals surface area contributed by atoms with Crippen molar-refractivity contribution in [2.45, 2.75) is 50.4 Å². The molecule has 2 amide bonds. The fourth-order valence-electron chi connectivity index (χ4n) is 4.33. The maximum atomic E-state index is 12.9. The molecule has 2 saturated heterocycles. The number of amides is 2. The maximum Gasteiger partial charge on any atom is 0.253 e. The zero-order valence-electron chi connectivity index (χ0n) is 18.5. The highest BCUT2D eigenvalue weighted by molar-refractivity contribution is 7.98. The van der Waals surface area contributed by atoms with Crippen molar-refractivity contribution >= 4 is 23.6 Å². The number of likely N-dealkylation sites (tertiary alicyclic amines) is 1. The van der Waals surface area contributed by atoms with Gasteiger partial charge in [0.15, 0.2) is 0 Å². The standard InChI is InChI=1S/C24H31N3O4S/c1-17-6-7-20(23(28)25-10-15-32-16-19-4-2-13-30-19)22(26-17)18-8-11-27(12-9-18)24(29)21-5-3-14-31-21/h2,4,6-7,13,18,21H,3,5,8-12,14-16H2,1H3,(H,25,28). The van der Waals surface area contributed by atoms with E-state index in [0.29, 0.717) is 31.8 Å². The summed E-state index contributed by atoms with van der Waals surface area (Å²) in [5.41, 5.74) is 2.41. The van der Waals surface area contributed by atoms with E-state index in [4.69, 9.17) is 14.1 Å². The Labute approximate surface area is 193 Å². The molecule has 4 heterocycles. The Morgan fingerprint density at radius 2 is 2.06 bits per heavy atom. The van der Waals surface area contributed by atoms with Crippen molar-refractivity contribution in [3.05, 3.63) is 53.2 Å². The normalized spacial score (nSPS) is 19.3. The van der Waals surface area contributed by atoms with Crippen LogP contribution in [0.3, 0.4) is 0 Å². The van der Waals surface area contributed by atoms with Gasteiger partial charge in [0.2, 0.25) is 0 Å². The maximum absolute atomic E-state index is 12.9. The summed E-state index contributed by atoms with van der Waals surface area (Å²) in [6.07, 6.45) is 4.81. The topological polar surface area (TPSA) is 84.7 Å². The van der Waals surface area contributed by atoms with Gasteiger partial charge in [0.25, 0.3) is 11.8 Å². The van der Waals surface area contributed by atoms with Crippen molar-refractivity contribution in [3.8, 4) is 0 Å².